The molecule has 0 radical (unpaired) electrons. The highest BCUT2D eigenvalue weighted by atomic mass is 35.5. The Hall–Kier alpha value is -3.19. The molecule has 1 fully saturated rings. The second-order valence-corrected chi connectivity index (χ2v) is 7.47. The number of aryl methyl sites for hydroxylation is 1. The lowest BCUT2D eigenvalue weighted by molar-refractivity contribution is -0.147. The van der Waals surface area contributed by atoms with E-state index in [0.29, 0.717) is 16.3 Å². The summed E-state index contributed by atoms with van der Waals surface area (Å²) in [6, 6.07) is 12.8. The molecule has 1 aliphatic rings. The van der Waals surface area contributed by atoms with Crippen molar-refractivity contribution in [2.24, 2.45) is 0 Å². The largest absolute Gasteiger partial charge is 0.274 e. The number of rotatable bonds is 5. The van der Waals surface area contributed by atoms with Crippen molar-refractivity contribution in [3.63, 3.8) is 0 Å². The summed E-state index contributed by atoms with van der Waals surface area (Å²) in [6.45, 7) is 3.38. The molecule has 2 aromatic carbocycles. The van der Waals surface area contributed by atoms with E-state index in [2.05, 4.69) is 5.43 Å². The zero-order valence-electron chi connectivity index (χ0n) is 16.7. The van der Waals surface area contributed by atoms with Crippen molar-refractivity contribution in [3.05, 3.63) is 64.7 Å². The van der Waals surface area contributed by atoms with Gasteiger partial charge in [-0.3, -0.25) is 24.6 Å². The molecule has 1 heterocycles. The van der Waals surface area contributed by atoms with Gasteiger partial charge in [0, 0.05) is 11.4 Å². The lowest BCUT2D eigenvalue weighted by atomic mass is 10.1. The SMILES string of the molecule is CCC(=O)N(NC(=O)Cc1ccccc1)C1CC(=O)N(c2cc(Cl)ccc2C)C1=O. The van der Waals surface area contributed by atoms with E-state index in [1.165, 1.54) is 6.07 Å². The summed E-state index contributed by atoms with van der Waals surface area (Å²) >= 11 is 6.04. The number of halogens is 1. The van der Waals surface area contributed by atoms with Crippen molar-refractivity contribution in [3.8, 4) is 0 Å². The molecule has 2 aromatic rings. The number of hydrazine groups is 1. The van der Waals surface area contributed by atoms with Crippen LogP contribution in [0, 0.1) is 6.92 Å². The Morgan fingerprint density at radius 2 is 1.87 bits per heavy atom. The van der Waals surface area contributed by atoms with E-state index in [9.17, 15) is 19.2 Å². The zero-order chi connectivity index (χ0) is 21.8. The highest BCUT2D eigenvalue weighted by molar-refractivity contribution is 6.31. The highest BCUT2D eigenvalue weighted by Gasteiger charge is 2.45. The van der Waals surface area contributed by atoms with Crippen molar-refractivity contribution in [2.75, 3.05) is 4.90 Å². The Labute approximate surface area is 179 Å². The van der Waals surface area contributed by atoms with Gasteiger partial charge in [-0.25, -0.2) is 9.91 Å². The number of amides is 4. The molecule has 156 valence electrons. The van der Waals surface area contributed by atoms with E-state index in [1.807, 2.05) is 18.2 Å². The molecule has 0 saturated carbocycles. The van der Waals surface area contributed by atoms with Gasteiger partial charge in [-0.1, -0.05) is 54.9 Å². The normalized spacial score (nSPS) is 16.0. The number of imide groups is 1. The summed E-state index contributed by atoms with van der Waals surface area (Å²) in [4.78, 5) is 51.8. The Kier molecular flexibility index (Phi) is 6.52. The minimum atomic E-state index is -1.11. The lowest BCUT2D eigenvalue weighted by Crippen LogP contribution is -2.54. The minimum absolute atomic E-state index is 0.0420. The first-order valence-corrected chi connectivity index (χ1v) is 9.98. The van der Waals surface area contributed by atoms with Gasteiger partial charge in [0.1, 0.15) is 6.04 Å². The third-order valence-corrected chi connectivity index (χ3v) is 5.11. The number of hydrogen-bond donors (Lipinski definition) is 1. The van der Waals surface area contributed by atoms with E-state index < -0.39 is 29.7 Å². The maximum absolute atomic E-state index is 13.1. The molecule has 1 atom stereocenters. The van der Waals surface area contributed by atoms with E-state index in [-0.39, 0.29) is 19.3 Å². The number of benzene rings is 2. The molecular weight excluding hydrogens is 406 g/mol. The summed E-state index contributed by atoms with van der Waals surface area (Å²) in [7, 11) is 0. The second-order valence-electron chi connectivity index (χ2n) is 7.03. The topological polar surface area (TPSA) is 86.8 Å². The van der Waals surface area contributed by atoms with Crippen LogP contribution in [-0.4, -0.2) is 34.7 Å². The summed E-state index contributed by atoms with van der Waals surface area (Å²) in [5.74, 6) is -1.93. The molecule has 30 heavy (non-hydrogen) atoms. The predicted octanol–water partition coefficient (Wildman–Crippen LogP) is 2.79. The molecule has 0 aromatic heterocycles. The van der Waals surface area contributed by atoms with Crippen LogP contribution < -0.4 is 10.3 Å². The maximum Gasteiger partial charge on any atom is 0.259 e. The first-order chi connectivity index (χ1) is 14.3. The Morgan fingerprint density at radius 1 is 1.17 bits per heavy atom. The van der Waals surface area contributed by atoms with Crippen LogP contribution in [0.3, 0.4) is 0 Å². The summed E-state index contributed by atoms with van der Waals surface area (Å²) in [5.41, 5.74) is 4.37. The minimum Gasteiger partial charge on any atom is -0.274 e. The van der Waals surface area contributed by atoms with E-state index in [4.69, 9.17) is 11.6 Å². The fourth-order valence-electron chi connectivity index (χ4n) is 3.33. The van der Waals surface area contributed by atoms with Crippen molar-refractivity contribution in [1.82, 2.24) is 10.4 Å². The average Bonchev–Trinajstić information content (AvgIpc) is 3.02. The summed E-state index contributed by atoms with van der Waals surface area (Å²) < 4.78 is 0. The van der Waals surface area contributed by atoms with Crippen LogP contribution in [0.15, 0.2) is 48.5 Å². The molecule has 1 aliphatic heterocycles. The van der Waals surface area contributed by atoms with Gasteiger partial charge in [0.2, 0.25) is 17.7 Å². The van der Waals surface area contributed by atoms with E-state index in [0.717, 1.165) is 15.5 Å². The van der Waals surface area contributed by atoms with E-state index >= 15 is 0 Å². The zero-order valence-corrected chi connectivity index (χ0v) is 17.5. The molecular formula is C22H22ClN3O4. The van der Waals surface area contributed by atoms with Gasteiger partial charge in [-0.2, -0.15) is 0 Å². The van der Waals surface area contributed by atoms with Gasteiger partial charge in [-0.05, 0) is 30.2 Å². The third-order valence-electron chi connectivity index (χ3n) is 4.87. The van der Waals surface area contributed by atoms with Gasteiger partial charge in [-0.15, -0.1) is 0 Å². The molecule has 0 spiro atoms. The Bertz CT molecular complexity index is 993. The number of nitrogens with one attached hydrogen (secondary N) is 1. The monoisotopic (exact) mass is 427 g/mol. The van der Waals surface area contributed by atoms with Crippen LogP contribution in [0.1, 0.15) is 30.9 Å². The van der Waals surface area contributed by atoms with Crippen LogP contribution in [0.25, 0.3) is 0 Å². The number of anilines is 1. The summed E-state index contributed by atoms with van der Waals surface area (Å²) in [5, 5.41) is 1.38. The first kappa shape index (κ1) is 21.5. The molecule has 4 amide bonds. The molecule has 1 saturated heterocycles. The van der Waals surface area contributed by atoms with Crippen LogP contribution in [-0.2, 0) is 25.6 Å². The quantitative estimate of drug-likeness (QED) is 0.587. The number of hydrogen-bond acceptors (Lipinski definition) is 4. The smallest absolute Gasteiger partial charge is 0.259 e. The van der Waals surface area contributed by atoms with Gasteiger partial charge in [0.15, 0.2) is 0 Å². The fourth-order valence-corrected chi connectivity index (χ4v) is 3.50. The summed E-state index contributed by atoms with van der Waals surface area (Å²) in [6.07, 6.45) is -0.109. The maximum atomic E-state index is 13.1. The van der Waals surface area contributed by atoms with Crippen molar-refractivity contribution < 1.29 is 19.2 Å². The van der Waals surface area contributed by atoms with Crippen LogP contribution in [0.4, 0.5) is 5.69 Å². The standard InChI is InChI=1S/C22H22ClN3O4/c1-3-20(28)26(24-19(27)11-15-7-5-4-6-8-15)18-13-21(29)25(22(18)30)17-12-16(23)10-9-14(17)2/h4-10,12,18H,3,11,13H2,1-2H3,(H,24,27). The average molecular weight is 428 g/mol. The molecule has 7 nitrogen and oxygen atoms in total. The molecule has 0 bridgehead atoms. The number of carbonyl (C=O) groups is 4. The first-order valence-electron chi connectivity index (χ1n) is 9.60. The number of carbonyl (C=O) groups excluding carboxylic acids is 4. The lowest BCUT2D eigenvalue weighted by Gasteiger charge is -2.27. The Balaban J connectivity index is 1.83. The van der Waals surface area contributed by atoms with Gasteiger partial charge in [0.25, 0.3) is 5.91 Å². The molecule has 1 N–H and O–H groups in total. The van der Waals surface area contributed by atoms with E-state index in [1.54, 1.807) is 38.1 Å². The van der Waals surface area contributed by atoms with Crippen LogP contribution in [0.5, 0.6) is 0 Å². The molecule has 1 unspecified atom stereocenters. The molecule has 0 aliphatic carbocycles. The van der Waals surface area contributed by atoms with Crippen molar-refractivity contribution >= 4 is 40.9 Å². The second kappa shape index (κ2) is 9.09. The number of nitrogens with zero attached hydrogens (tertiary/aromatic N) is 2. The third kappa shape index (κ3) is 4.52. The van der Waals surface area contributed by atoms with Gasteiger partial charge < -0.3 is 0 Å². The van der Waals surface area contributed by atoms with Gasteiger partial charge in [0.05, 0.1) is 18.5 Å². The fraction of sp³-hybridized carbons (Fsp3) is 0.273. The van der Waals surface area contributed by atoms with Crippen LogP contribution in [0.2, 0.25) is 5.02 Å². The molecule has 3 rings (SSSR count). The highest BCUT2D eigenvalue weighted by Crippen LogP contribution is 2.30. The predicted molar refractivity (Wildman–Crippen MR) is 113 cm³/mol. The van der Waals surface area contributed by atoms with Crippen LogP contribution >= 0.6 is 11.6 Å². The van der Waals surface area contributed by atoms with Crippen molar-refractivity contribution in [1.29, 1.82) is 0 Å². The Morgan fingerprint density at radius 3 is 2.53 bits per heavy atom. The van der Waals surface area contributed by atoms with Gasteiger partial charge >= 0.3 is 0 Å². The molecule has 8 heteroatoms. The van der Waals surface area contributed by atoms with Crippen molar-refractivity contribution in [2.45, 2.75) is 39.2 Å².